The zero-order valence-corrected chi connectivity index (χ0v) is 12.5. The lowest BCUT2D eigenvalue weighted by atomic mass is 10.1. The van der Waals surface area contributed by atoms with Gasteiger partial charge in [-0.25, -0.2) is 12.8 Å². The van der Waals surface area contributed by atoms with Crippen molar-refractivity contribution >= 4 is 27.6 Å². The number of hydrogen-bond acceptors (Lipinski definition) is 3. The first-order valence-corrected chi connectivity index (χ1v) is 7.69. The molecule has 0 spiro atoms. The van der Waals surface area contributed by atoms with Gasteiger partial charge in [0.15, 0.2) is 0 Å². The maximum Gasteiger partial charge on any atom is 0.321 e. The third-order valence-corrected chi connectivity index (χ3v) is 4.44. The molecule has 20 heavy (non-hydrogen) atoms. The maximum atomic E-state index is 12.9. The monoisotopic (exact) mass is 323 g/mol. The molecule has 0 saturated heterocycles. The number of carbonyl (C=O) groups is 1. The molecule has 0 aliphatic heterocycles. The summed E-state index contributed by atoms with van der Waals surface area (Å²) in [4.78, 5) is 10.7. The van der Waals surface area contributed by atoms with E-state index in [2.05, 4.69) is 4.72 Å². The molecule has 112 valence electrons. The average molecular weight is 324 g/mol. The molecule has 1 atom stereocenters. The van der Waals surface area contributed by atoms with E-state index in [9.17, 15) is 17.6 Å². The standard InChI is InChI=1S/C12H15ClFNO4S/c1-7(2)5-10(12(16)17)15-20(18,19)11-4-3-8(14)6-9(11)13/h3-4,6-7,10,15H,5H2,1-2H3,(H,16,17)/t10-/m1/s1. The van der Waals surface area contributed by atoms with E-state index in [1.807, 2.05) is 0 Å². The van der Waals surface area contributed by atoms with Gasteiger partial charge in [-0.1, -0.05) is 25.4 Å². The Kier molecular flexibility index (Phi) is 5.50. The maximum absolute atomic E-state index is 12.9. The van der Waals surface area contributed by atoms with Crippen molar-refractivity contribution in [2.45, 2.75) is 31.2 Å². The summed E-state index contributed by atoms with van der Waals surface area (Å²) in [5.74, 6) is -1.96. The van der Waals surface area contributed by atoms with Gasteiger partial charge in [0.1, 0.15) is 16.8 Å². The van der Waals surface area contributed by atoms with Crippen LogP contribution in [0.2, 0.25) is 5.02 Å². The Morgan fingerprint density at radius 3 is 2.50 bits per heavy atom. The Hall–Kier alpha value is -1.18. The Labute approximate surface area is 121 Å². The highest BCUT2D eigenvalue weighted by Gasteiger charge is 2.27. The van der Waals surface area contributed by atoms with Crippen LogP contribution in [0.5, 0.6) is 0 Å². The van der Waals surface area contributed by atoms with Crippen LogP contribution >= 0.6 is 11.6 Å². The molecule has 0 unspecified atom stereocenters. The number of carboxylic acids is 1. The lowest BCUT2D eigenvalue weighted by molar-refractivity contribution is -0.139. The van der Waals surface area contributed by atoms with Crippen LogP contribution in [-0.2, 0) is 14.8 Å². The number of rotatable bonds is 6. The molecule has 5 nitrogen and oxygen atoms in total. The number of aliphatic carboxylic acids is 1. The largest absolute Gasteiger partial charge is 0.480 e. The van der Waals surface area contributed by atoms with Crippen molar-refractivity contribution in [1.82, 2.24) is 4.72 Å². The Balaban J connectivity index is 3.06. The number of hydrogen-bond donors (Lipinski definition) is 2. The van der Waals surface area contributed by atoms with Crippen LogP contribution in [0.15, 0.2) is 23.1 Å². The summed E-state index contributed by atoms with van der Waals surface area (Å²) < 4.78 is 39.1. The molecule has 0 bridgehead atoms. The number of carboxylic acid groups (broad SMARTS) is 1. The molecule has 8 heteroatoms. The van der Waals surface area contributed by atoms with Crippen LogP contribution in [0.4, 0.5) is 4.39 Å². The first-order valence-electron chi connectivity index (χ1n) is 5.83. The Morgan fingerprint density at radius 2 is 2.05 bits per heavy atom. The van der Waals surface area contributed by atoms with Gasteiger partial charge in [-0.15, -0.1) is 0 Å². The van der Waals surface area contributed by atoms with Crippen molar-refractivity contribution in [2.75, 3.05) is 0 Å². The number of halogens is 2. The van der Waals surface area contributed by atoms with Crippen LogP contribution in [-0.4, -0.2) is 25.5 Å². The predicted octanol–water partition coefficient (Wildman–Crippen LogP) is 2.26. The van der Waals surface area contributed by atoms with Gasteiger partial charge in [-0.3, -0.25) is 4.79 Å². The fraction of sp³-hybridized carbons (Fsp3) is 0.417. The highest BCUT2D eigenvalue weighted by Crippen LogP contribution is 2.22. The van der Waals surface area contributed by atoms with Crippen LogP contribution in [0, 0.1) is 11.7 Å². The highest BCUT2D eigenvalue weighted by atomic mass is 35.5. The lowest BCUT2D eigenvalue weighted by Crippen LogP contribution is -2.41. The summed E-state index contributed by atoms with van der Waals surface area (Å²) in [6.07, 6.45) is 0.132. The molecular formula is C12H15ClFNO4S. The second-order valence-electron chi connectivity index (χ2n) is 4.72. The molecule has 0 aliphatic rings. The lowest BCUT2D eigenvalue weighted by Gasteiger charge is -2.17. The zero-order chi connectivity index (χ0) is 15.5. The third-order valence-electron chi connectivity index (χ3n) is 2.49. The van der Waals surface area contributed by atoms with Crippen LogP contribution in [0.3, 0.4) is 0 Å². The van der Waals surface area contributed by atoms with Crippen LogP contribution in [0.25, 0.3) is 0 Å². The molecule has 0 heterocycles. The second kappa shape index (κ2) is 6.51. The summed E-state index contributed by atoms with van der Waals surface area (Å²) in [7, 11) is -4.13. The summed E-state index contributed by atoms with van der Waals surface area (Å²) in [5, 5.41) is 8.73. The van der Waals surface area contributed by atoms with E-state index in [1.54, 1.807) is 13.8 Å². The predicted molar refractivity (Wildman–Crippen MR) is 72.6 cm³/mol. The van der Waals surface area contributed by atoms with Gasteiger partial charge in [-0.05, 0) is 30.5 Å². The van der Waals surface area contributed by atoms with E-state index in [0.29, 0.717) is 0 Å². The number of nitrogens with one attached hydrogen (secondary N) is 1. The SMILES string of the molecule is CC(C)C[C@@H](NS(=O)(=O)c1ccc(F)cc1Cl)C(=O)O. The summed E-state index contributed by atoms with van der Waals surface area (Å²) in [5.41, 5.74) is 0. The van der Waals surface area contributed by atoms with E-state index in [-0.39, 0.29) is 22.3 Å². The Bertz CT molecular complexity index is 603. The van der Waals surface area contributed by atoms with Crippen molar-refractivity contribution in [2.24, 2.45) is 5.92 Å². The quantitative estimate of drug-likeness (QED) is 0.841. The van der Waals surface area contributed by atoms with Gasteiger partial charge < -0.3 is 5.11 Å². The van der Waals surface area contributed by atoms with Gasteiger partial charge in [0.05, 0.1) is 5.02 Å². The van der Waals surface area contributed by atoms with Crippen molar-refractivity contribution < 1.29 is 22.7 Å². The van der Waals surface area contributed by atoms with Gasteiger partial charge in [0, 0.05) is 0 Å². The molecule has 2 N–H and O–H groups in total. The summed E-state index contributed by atoms with van der Waals surface area (Å²) >= 11 is 5.68. The van der Waals surface area contributed by atoms with Crippen molar-refractivity contribution in [3.63, 3.8) is 0 Å². The molecule has 1 aromatic carbocycles. The molecule has 0 fully saturated rings. The zero-order valence-electron chi connectivity index (χ0n) is 10.9. The topological polar surface area (TPSA) is 83.5 Å². The fourth-order valence-electron chi connectivity index (χ4n) is 1.61. The van der Waals surface area contributed by atoms with E-state index in [0.717, 1.165) is 18.2 Å². The minimum atomic E-state index is -4.13. The first kappa shape index (κ1) is 16.9. The van der Waals surface area contributed by atoms with E-state index in [4.69, 9.17) is 16.7 Å². The first-order chi connectivity index (χ1) is 9.13. The highest BCUT2D eigenvalue weighted by molar-refractivity contribution is 7.89. The Morgan fingerprint density at radius 1 is 1.45 bits per heavy atom. The molecule has 0 amide bonds. The van der Waals surface area contributed by atoms with Gasteiger partial charge in [0.2, 0.25) is 10.0 Å². The number of sulfonamides is 1. The van der Waals surface area contributed by atoms with Gasteiger partial charge >= 0.3 is 5.97 Å². The molecule has 0 aromatic heterocycles. The summed E-state index contributed by atoms with van der Waals surface area (Å²) in [6, 6.07) is 1.53. The van der Waals surface area contributed by atoms with Gasteiger partial charge in [-0.2, -0.15) is 4.72 Å². The van der Waals surface area contributed by atoms with Crippen LogP contribution in [0.1, 0.15) is 20.3 Å². The minimum Gasteiger partial charge on any atom is -0.480 e. The molecule has 0 saturated carbocycles. The van der Waals surface area contributed by atoms with Crippen molar-refractivity contribution in [3.8, 4) is 0 Å². The normalized spacial score (nSPS) is 13.4. The molecule has 0 radical (unpaired) electrons. The average Bonchev–Trinajstić information content (AvgIpc) is 2.26. The second-order valence-corrected chi connectivity index (χ2v) is 6.81. The molecule has 0 aliphatic carbocycles. The smallest absolute Gasteiger partial charge is 0.321 e. The van der Waals surface area contributed by atoms with E-state index in [1.165, 1.54) is 0 Å². The number of benzene rings is 1. The fourth-order valence-corrected chi connectivity index (χ4v) is 3.35. The molecular weight excluding hydrogens is 309 g/mol. The third kappa shape index (κ3) is 4.43. The van der Waals surface area contributed by atoms with Gasteiger partial charge in [0.25, 0.3) is 0 Å². The van der Waals surface area contributed by atoms with Crippen molar-refractivity contribution in [3.05, 3.63) is 29.0 Å². The molecule has 1 aromatic rings. The van der Waals surface area contributed by atoms with E-state index >= 15 is 0 Å². The van der Waals surface area contributed by atoms with Crippen LogP contribution < -0.4 is 4.72 Å². The minimum absolute atomic E-state index is 0.0116. The van der Waals surface area contributed by atoms with E-state index < -0.39 is 27.9 Å². The van der Waals surface area contributed by atoms with Crippen molar-refractivity contribution in [1.29, 1.82) is 0 Å². The molecule has 1 rings (SSSR count). The summed E-state index contributed by atoms with van der Waals surface area (Å²) in [6.45, 7) is 3.55.